The fourth-order valence-electron chi connectivity index (χ4n) is 1.31. The first-order valence-corrected chi connectivity index (χ1v) is 8.07. The Morgan fingerprint density at radius 1 is 1.60 bits per heavy atom. The van der Waals surface area contributed by atoms with E-state index in [0.717, 1.165) is 6.20 Å². The van der Waals surface area contributed by atoms with E-state index < -0.39 is 21.9 Å². The van der Waals surface area contributed by atoms with Gasteiger partial charge < -0.3 is 4.55 Å². The topological polar surface area (TPSA) is 48.3 Å². The number of pyridine rings is 1. The first-order valence-electron chi connectivity index (χ1n) is 6.17. The van der Waals surface area contributed by atoms with Crippen LogP contribution in [-0.2, 0) is 11.4 Å². The fourth-order valence-corrected chi connectivity index (χ4v) is 2.51. The summed E-state index contributed by atoms with van der Waals surface area (Å²) in [5.74, 6) is -0.430. The number of halogens is 2. The molecule has 0 aliphatic heterocycles. The molecule has 0 aliphatic rings. The maximum Gasteiger partial charge on any atom is 0.144 e. The summed E-state index contributed by atoms with van der Waals surface area (Å²) >= 11 is 1.89. The minimum atomic E-state index is -1.39. The standard InChI is InChI=1S/C14H18BrFN2OS/c1-5-6-7-12(18-20(19)14(2,3)4)13-11(15)8-10(16)9-17-13/h5,8-9H,1,6-7H2,2-4H3/t20-/m0/s1. The van der Waals surface area contributed by atoms with Crippen LogP contribution in [0.4, 0.5) is 4.39 Å². The largest absolute Gasteiger partial charge is 0.591 e. The molecule has 0 aromatic carbocycles. The first kappa shape index (κ1) is 17.3. The molecule has 6 heteroatoms. The highest BCUT2D eigenvalue weighted by Gasteiger charge is 2.28. The predicted molar refractivity (Wildman–Crippen MR) is 85.8 cm³/mol. The molecule has 1 atom stereocenters. The summed E-state index contributed by atoms with van der Waals surface area (Å²) in [7, 11) is 0. The van der Waals surface area contributed by atoms with E-state index in [-0.39, 0.29) is 0 Å². The molecule has 1 heterocycles. The molecule has 0 amide bonds. The van der Waals surface area contributed by atoms with Crippen LogP contribution in [0.2, 0.25) is 0 Å². The molecule has 0 fully saturated rings. The molecule has 1 aromatic rings. The highest BCUT2D eigenvalue weighted by molar-refractivity contribution is 9.10. The van der Waals surface area contributed by atoms with Crippen molar-refractivity contribution in [2.45, 2.75) is 38.4 Å². The van der Waals surface area contributed by atoms with Gasteiger partial charge >= 0.3 is 0 Å². The zero-order valence-corrected chi connectivity index (χ0v) is 14.2. The van der Waals surface area contributed by atoms with Gasteiger partial charge in [0, 0.05) is 4.47 Å². The summed E-state index contributed by atoms with van der Waals surface area (Å²) < 4.78 is 29.6. The maximum atomic E-state index is 13.1. The minimum Gasteiger partial charge on any atom is -0.591 e. The van der Waals surface area contributed by atoms with Gasteiger partial charge in [-0.05, 0) is 55.6 Å². The van der Waals surface area contributed by atoms with Gasteiger partial charge in [-0.25, -0.2) is 4.39 Å². The highest BCUT2D eigenvalue weighted by Crippen LogP contribution is 2.23. The number of hydrogen-bond acceptors (Lipinski definition) is 3. The number of rotatable bonds is 5. The molecule has 1 aromatic heterocycles. The predicted octanol–water partition coefficient (Wildman–Crippen LogP) is 4.20. The van der Waals surface area contributed by atoms with Crippen molar-refractivity contribution in [3.8, 4) is 0 Å². The Bertz CT molecular complexity index is 514. The van der Waals surface area contributed by atoms with Crippen molar-refractivity contribution >= 4 is 33.0 Å². The zero-order valence-electron chi connectivity index (χ0n) is 11.8. The third kappa shape index (κ3) is 5.00. The molecule has 20 heavy (non-hydrogen) atoms. The smallest absolute Gasteiger partial charge is 0.144 e. The summed E-state index contributed by atoms with van der Waals surface area (Å²) in [6.07, 6.45) is 4.13. The van der Waals surface area contributed by atoms with Crippen molar-refractivity contribution in [2.75, 3.05) is 0 Å². The summed E-state index contributed by atoms with van der Waals surface area (Å²) in [6.45, 7) is 9.22. The van der Waals surface area contributed by atoms with Gasteiger partial charge in [0.05, 0.1) is 6.20 Å². The number of hydrogen-bond donors (Lipinski definition) is 0. The number of aromatic nitrogens is 1. The first-order chi connectivity index (χ1) is 9.25. The summed E-state index contributed by atoms with van der Waals surface area (Å²) in [6, 6.07) is 1.33. The van der Waals surface area contributed by atoms with E-state index in [1.54, 1.807) is 6.08 Å². The maximum absolute atomic E-state index is 13.1. The van der Waals surface area contributed by atoms with E-state index >= 15 is 0 Å². The second-order valence-electron chi connectivity index (χ2n) is 5.21. The normalized spacial score (nSPS) is 14.2. The lowest BCUT2D eigenvalue weighted by Gasteiger charge is -2.19. The van der Waals surface area contributed by atoms with Gasteiger partial charge in [0.15, 0.2) is 0 Å². The Balaban J connectivity index is 3.18. The molecule has 1 rings (SSSR count). The lowest BCUT2D eigenvalue weighted by molar-refractivity contribution is 0.561. The average molecular weight is 361 g/mol. The van der Waals surface area contributed by atoms with E-state index in [0.29, 0.717) is 28.7 Å². The second kappa shape index (κ2) is 7.33. The Hall–Kier alpha value is -0.720. The molecule has 110 valence electrons. The lowest BCUT2D eigenvalue weighted by atomic mass is 10.1. The van der Waals surface area contributed by atoms with Crippen molar-refractivity contribution < 1.29 is 8.94 Å². The van der Waals surface area contributed by atoms with E-state index in [4.69, 9.17) is 0 Å². The van der Waals surface area contributed by atoms with Crippen molar-refractivity contribution in [1.82, 2.24) is 4.98 Å². The summed E-state index contributed by atoms with van der Waals surface area (Å²) in [4.78, 5) is 4.04. The quantitative estimate of drug-likeness (QED) is 0.448. The lowest BCUT2D eigenvalue weighted by Crippen LogP contribution is -2.27. The van der Waals surface area contributed by atoms with Gasteiger partial charge in [-0.15, -0.1) is 6.58 Å². The number of allylic oxidation sites excluding steroid dienone is 1. The Kier molecular flexibility index (Phi) is 6.36. The van der Waals surface area contributed by atoms with Gasteiger partial charge in [-0.1, -0.05) is 10.5 Å². The van der Waals surface area contributed by atoms with Crippen molar-refractivity contribution in [1.29, 1.82) is 0 Å². The zero-order chi connectivity index (χ0) is 15.3. The van der Waals surface area contributed by atoms with Crippen molar-refractivity contribution in [2.24, 2.45) is 4.40 Å². The monoisotopic (exact) mass is 360 g/mol. The Morgan fingerprint density at radius 2 is 2.25 bits per heavy atom. The van der Waals surface area contributed by atoms with Crippen LogP contribution in [0, 0.1) is 5.82 Å². The molecule has 0 radical (unpaired) electrons. The van der Waals surface area contributed by atoms with Crippen LogP contribution in [0.15, 0.2) is 33.8 Å². The third-order valence-electron chi connectivity index (χ3n) is 2.38. The van der Waals surface area contributed by atoms with E-state index in [9.17, 15) is 8.94 Å². The average Bonchev–Trinajstić information content (AvgIpc) is 2.33. The van der Waals surface area contributed by atoms with Gasteiger partial charge in [0.2, 0.25) is 0 Å². The Labute approximate surface area is 130 Å². The van der Waals surface area contributed by atoms with E-state index in [1.807, 2.05) is 20.8 Å². The van der Waals surface area contributed by atoms with Crippen LogP contribution in [0.5, 0.6) is 0 Å². The molecular weight excluding hydrogens is 343 g/mol. The van der Waals surface area contributed by atoms with Crippen LogP contribution < -0.4 is 0 Å². The van der Waals surface area contributed by atoms with Crippen LogP contribution in [-0.4, -0.2) is 20.0 Å². The highest BCUT2D eigenvalue weighted by atomic mass is 79.9. The molecular formula is C14H18BrFN2OS. The van der Waals surface area contributed by atoms with Crippen molar-refractivity contribution in [3.63, 3.8) is 0 Å². The van der Waals surface area contributed by atoms with Crippen molar-refractivity contribution in [3.05, 3.63) is 40.9 Å². The summed E-state index contributed by atoms with van der Waals surface area (Å²) in [5.41, 5.74) is 1.11. The number of nitrogens with zero attached hydrogens (tertiary/aromatic N) is 2. The van der Waals surface area contributed by atoms with Crippen LogP contribution >= 0.6 is 15.9 Å². The van der Waals surface area contributed by atoms with E-state index in [1.165, 1.54) is 6.07 Å². The Morgan fingerprint density at radius 3 is 2.75 bits per heavy atom. The molecule has 0 N–H and O–H groups in total. The molecule has 3 nitrogen and oxygen atoms in total. The molecule has 0 bridgehead atoms. The van der Waals surface area contributed by atoms with Gasteiger partial charge in [0.25, 0.3) is 0 Å². The molecule has 0 unspecified atom stereocenters. The minimum absolute atomic E-state index is 0.430. The molecule has 0 saturated carbocycles. The van der Waals surface area contributed by atoms with Crippen LogP contribution in [0.1, 0.15) is 39.3 Å². The summed E-state index contributed by atoms with van der Waals surface area (Å²) in [5, 5.41) is 0. The third-order valence-corrected chi connectivity index (χ3v) is 4.42. The molecule has 0 spiro atoms. The molecule has 0 saturated heterocycles. The van der Waals surface area contributed by atoms with Gasteiger partial charge in [-0.3, -0.25) is 4.98 Å². The van der Waals surface area contributed by atoms with Crippen LogP contribution in [0.25, 0.3) is 0 Å². The van der Waals surface area contributed by atoms with Crippen LogP contribution in [0.3, 0.4) is 0 Å². The van der Waals surface area contributed by atoms with Gasteiger partial charge in [-0.2, -0.15) is 0 Å². The van der Waals surface area contributed by atoms with E-state index in [2.05, 4.69) is 31.9 Å². The second-order valence-corrected chi connectivity index (χ2v) is 7.97. The molecule has 0 aliphatic carbocycles. The van der Waals surface area contributed by atoms with Gasteiger partial charge in [0.1, 0.15) is 33.3 Å². The SMILES string of the molecule is C=CCCC(=N[S@@+]([O-])C(C)(C)C)c1ncc(F)cc1Br. The fraction of sp³-hybridized carbons (Fsp3) is 0.429.